The van der Waals surface area contributed by atoms with Crippen molar-refractivity contribution in [3.8, 4) is 5.75 Å². The molecule has 3 aromatic rings. The number of rotatable bonds is 2. The molecule has 0 aliphatic rings. The summed E-state index contributed by atoms with van der Waals surface area (Å²) < 4.78 is 5.70. The van der Waals surface area contributed by atoms with Crippen LogP contribution in [0.4, 0.5) is 5.13 Å². The third-order valence-electron chi connectivity index (χ3n) is 2.87. The number of H-pyrrole nitrogens is 1. The van der Waals surface area contributed by atoms with E-state index < -0.39 is 5.63 Å². The van der Waals surface area contributed by atoms with Gasteiger partial charge in [-0.3, -0.25) is 5.10 Å². The molecule has 8 heteroatoms. The summed E-state index contributed by atoms with van der Waals surface area (Å²) in [6, 6.07) is 4.63. The summed E-state index contributed by atoms with van der Waals surface area (Å²) >= 11 is 6.12. The third-order valence-corrected chi connectivity index (χ3v) is 3.86. The van der Waals surface area contributed by atoms with E-state index in [9.17, 15) is 9.90 Å². The van der Waals surface area contributed by atoms with Gasteiger partial charge in [0, 0.05) is 17.7 Å². The van der Waals surface area contributed by atoms with E-state index in [1.165, 1.54) is 29.7 Å². The average Bonchev–Trinajstić information content (AvgIpc) is 2.83. The number of nitrogens with one attached hydrogen (secondary N) is 1. The van der Waals surface area contributed by atoms with E-state index in [2.05, 4.69) is 15.2 Å². The van der Waals surface area contributed by atoms with Crippen LogP contribution in [0.5, 0.6) is 5.75 Å². The second kappa shape index (κ2) is 5.23. The summed E-state index contributed by atoms with van der Waals surface area (Å²) in [6.07, 6.45) is 1.40. The fourth-order valence-electron chi connectivity index (χ4n) is 1.92. The quantitative estimate of drug-likeness (QED) is 0.430. The zero-order chi connectivity index (χ0) is 15.0. The van der Waals surface area contributed by atoms with E-state index in [4.69, 9.17) is 16.6 Å². The molecule has 0 unspecified atom stereocenters. The van der Waals surface area contributed by atoms with E-state index in [0.29, 0.717) is 20.2 Å². The third kappa shape index (κ3) is 2.63. The molecular weight excluding hydrogens is 310 g/mol. The van der Waals surface area contributed by atoms with Crippen molar-refractivity contribution < 1.29 is 9.52 Å². The molecule has 2 heterocycles. The van der Waals surface area contributed by atoms with E-state index in [1.54, 1.807) is 13.0 Å². The molecule has 2 aromatic heterocycles. The highest BCUT2D eigenvalue weighted by Gasteiger charge is 2.10. The highest BCUT2D eigenvalue weighted by Crippen LogP contribution is 2.27. The van der Waals surface area contributed by atoms with Crippen LogP contribution in [0.25, 0.3) is 11.0 Å². The molecule has 2 N–H and O–H groups in total. The van der Waals surface area contributed by atoms with Crippen molar-refractivity contribution >= 4 is 45.9 Å². The Morgan fingerprint density at radius 1 is 1.52 bits per heavy atom. The fraction of sp³-hybridized carbons (Fsp3) is 0.0769. The number of fused-ring (bicyclic) bond motifs is 1. The number of nitrogens with zero attached hydrogens (tertiary/aromatic N) is 2. The Morgan fingerprint density at radius 3 is 3.05 bits per heavy atom. The first-order valence-electron chi connectivity index (χ1n) is 5.90. The van der Waals surface area contributed by atoms with E-state index >= 15 is 0 Å². The standard InChI is InChI=1S/C13H9N3O3S2/c1-6-4-10(18)19-11-7(6)2-3-9(17)8(11)5-14-12-15-16-13(20)21-12/h2-5,17H,1H3,(H,16,20)/b14-5+. The van der Waals surface area contributed by atoms with Gasteiger partial charge in [-0.05, 0) is 36.8 Å². The maximum Gasteiger partial charge on any atom is 0.336 e. The van der Waals surface area contributed by atoms with Gasteiger partial charge >= 0.3 is 5.63 Å². The molecule has 0 amide bonds. The number of aromatic amines is 1. The lowest BCUT2D eigenvalue weighted by Gasteiger charge is -2.05. The van der Waals surface area contributed by atoms with E-state index in [0.717, 1.165) is 10.9 Å². The molecule has 0 fully saturated rings. The van der Waals surface area contributed by atoms with Crippen molar-refractivity contribution in [3.05, 3.63) is 43.7 Å². The summed E-state index contributed by atoms with van der Waals surface area (Å²) in [5, 5.41) is 17.6. The molecule has 0 saturated heterocycles. The minimum atomic E-state index is -0.476. The second-order valence-corrected chi connectivity index (χ2v) is 5.92. The lowest BCUT2D eigenvalue weighted by molar-refractivity contribution is 0.472. The van der Waals surface area contributed by atoms with Crippen molar-refractivity contribution in [3.63, 3.8) is 0 Å². The second-order valence-electron chi connectivity index (χ2n) is 4.28. The first kappa shape index (κ1) is 13.7. The molecular formula is C13H9N3O3S2. The average molecular weight is 319 g/mol. The largest absolute Gasteiger partial charge is 0.507 e. The number of hydrogen-bond acceptors (Lipinski definition) is 7. The molecule has 0 bridgehead atoms. The molecule has 21 heavy (non-hydrogen) atoms. The van der Waals surface area contributed by atoms with Crippen molar-refractivity contribution in [1.29, 1.82) is 0 Å². The molecule has 0 radical (unpaired) electrons. The molecule has 106 valence electrons. The van der Waals surface area contributed by atoms with E-state index in [-0.39, 0.29) is 5.75 Å². The molecule has 1 aromatic carbocycles. The highest BCUT2D eigenvalue weighted by molar-refractivity contribution is 7.73. The minimum absolute atomic E-state index is 0.0286. The van der Waals surface area contributed by atoms with Gasteiger partial charge < -0.3 is 9.52 Å². The van der Waals surface area contributed by atoms with Crippen LogP contribution in [-0.4, -0.2) is 21.5 Å². The Balaban J connectivity index is 2.21. The van der Waals surface area contributed by atoms with Gasteiger partial charge in [-0.2, -0.15) is 0 Å². The number of hydrogen-bond donors (Lipinski definition) is 2. The first-order valence-corrected chi connectivity index (χ1v) is 7.13. The summed E-state index contributed by atoms with van der Waals surface area (Å²) in [4.78, 5) is 15.7. The highest BCUT2D eigenvalue weighted by atomic mass is 32.1. The zero-order valence-corrected chi connectivity index (χ0v) is 12.4. The number of phenolic OH excluding ortho intramolecular Hbond substituents is 1. The predicted octanol–water partition coefficient (Wildman–Crippen LogP) is 3.07. The number of benzene rings is 1. The van der Waals surface area contributed by atoms with Gasteiger partial charge in [0.25, 0.3) is 0 Å². The van der Waals surface area contributed by atoms with Gasteiger partial charge in [0.15, 0.2) is 9.54 Å². The molecule has 3 rings (SSSR count). The van der Waals surface area contributed by atoms with Gasteiger partial charge in [-0.1, -0.05) is 11.3 Å². The predicted molar refractivity (Wildman–Crippen MR) is 83.4 cm³/mol. The van der Waals surface area contributed by atoms with Gasteiger partial charge in [0.1, 0.15) is 5.75 Å². The van der Waals surface area contributed by atoms with Crippen molar-refractivity contribution in [2.24, 2.45) is 4.99 Å². The van der Waals surface area contributed by atoms with E-state index in [1.807, 2.05) is 0 Å². The van der Waals surface area contributed by atoms with Crippen molar-refractivity contribution in [1.82, 2.24) is 10.2 Å². The SMILES string of the molecule is Cc1cc(=O)oc2c(/C=N/c3n[nH]c(=S)s3)c(O)ccc12. The van der Waals surface area contributed by atoms with Crippen LogP contribution < -0.4 is 5.63 Å². The molecule has 0 saturated carbocycles. The number of aromatic nitrogens is 2. The normalized spacial score (nSPS) is 11.5. The molecule has 0 atom stereocenters. The Hall–Kier alpha value is -2.32. The molecule has 0 spiro atoms. The first-order chi connectivity index (χ1) is 10.0. The summed E-state index contributed by atoms with van der Waals surface area (Å²) in [5.74, 6) is -0.0286. The summed E-state index contributed by atoms with van der Waals surface area (Å²) in [6.45, 7) is 1.80. The topological polar surface area (TPSA) is 91.5 Å². The minimum Gasteiger partial charge on any atom is -0.507 e. The monoisotopic (exact) mass is 319 g/mol. The molecule has 0 aliphatic heterocycles. The Labute approximate surface area is 127 Å². The number of aliphatic imine (C=N–C) groups is 1. The fourth-order valence-corrected chi connectivity index (χ4v) is 2.64. The van der Waals surface area contributed by atoms with Crippen LogP contribution >= 0.6 is 23.6 Å². The van der Waals surface area contributed by atoms with Gasteiger partial charge in [-0.25, -0.2) is 9.79 Å². The molecule has 6 nitrogen and oxygen atoms in total. The number of aryl methyl sites for hydroxylation is 1. The smallest absolute Gasteiger partial charge is 0.336 e. The van der Waals surface area contributed by atoms with Crippen LogP contribution in [0.2, 0.25) is 0 Å². The maximum atomic E-state index is 11.5. The van der Waals surface area contributed by atoms with Gasteiger partial charge in [-0.15, -0.1) is 5.10 Å². The van der Waals surface area contributed by atoms with Gasteiger partial charge in [0.2, 0.25) is 5.13 Å². The number of phenols is 1. The Kier molecular flexibility index (Phi) is 3.40. The lowest BCUT2D eigenvalue weighted by Crippen LogP contribution is -2.00. The molecule has 0 aliphatic carbocycles. The van der Waals surface area contributed by atoms with Crippen LogP contribution in [0, 0.1) is 10.9 Å². The summed E-state index contributed by atoms with van der Waals surface area (Å²) in [7, 11) is 0. The maximum absolute atomic E-state index is 11.5. The van der Waals surface area contributed by atoms with Crippen LogP contribution in [-0.2, 0) is 0 Å². The van der Waals surface area contributed by atoms with Crippen molar-refractivity contribution in [2.75, 3.05) is 0 Å². The lowest BCUT2D eigenvalue weighted by atomic mass is 10.1. The number of aromatic hydroxyl groups is 1. The van der Waals surface area contributed by atoms with Crippen LogP contribution in [0.15, 0.2) is 32.4 Å². The van der Waals surface area contributed by atoms with Gasteiger partial charge in [0.05, 0.1) is 5.56 Å². The van der Waals surface area contributed by atoms with Crippen LogP contribution in [0.3, 0.4) is 0 Å². The Bertz CT molecular complexity index is 969. The van der Waals surface area contributed by atoms with Crippen LogP contribution in [0.1, 0.15) is 11.1 Å². The zero-order valence-electron chi connectivity index (χ0n) is 10.8. The Morgan fingerprint density at radius 2 is 2.33 bits per heavy atom. The van der Waals surface area contributed by atoms with Crippen molar-refractivity contribution in [2.45, 2.75) is 6.92 Å². The summed E-state index contributed by atoms with van der Waals surface area (Å²) in [5.41, 5.74) is 0.916.